The maximum absolute atomic E-state index is 12.3. The molecule has 0 unspecified atom stereocenters. The topological polar surface area (TPSA) is 142 Å². The van der Waals surface area contributed by atoms with Crippen molar-refractivity contribution in [2.75, 3.05) is 4.72 Å². The van der Waals surface area contributed by atoms with E-state index in [9.17, 15) is 18.0 Å². The maximum atomic E-state index is 12.3. The van der Waals surface area contributed by atoms with Crippen LogP contribution in [-0.4, -0.2) is 29.7 Å². The number of carboxylic acid groups (broad SMARTS) is 1. The number of aryl methyl sites for hydroxylation is 2. The Morgan fingerprint density at radius 1 is 1.33 bits per heavy atom. The second-order valence-electron chi connectivity index (χ2n) is 4.14. The minimum absolute atomic E-state index is 0.0187. The van der Waals surface area contributed by atoms with E-state index >= 15 is 0 Å². The number of carbonyl (C=O) groups is 1. The van der Waals surface area contributed by atoms with Crippen molar-refractivity contribution >= 4 is 21.8 Å². The summed E-state index contributed by atoms with van der Waals surface area (Å²) in [7, 11) is -4.22. The van der Waals surface area contributed by atoms with Crippen LogP contribution in [-0.2, 0) is 10.0 Å². The zero-order valence-electron chi connectivity index (χ0n) is 11.0. The number of nitrogens with zero attached hydrogens (tertiary/aromatic N) is 1. The predicted molar refractivity (Wildman–Crippen MR) is 70.8 cm³/mol. The van der Waals surface area contributed by atoms with E-state index in [-0.39, 0.29) is 17.3 Å². The molecule has 21 heavy (non-hydrogen) atoms. The van der Waals surface area contributed by atoms with E-state index in [2.05, 4.69) is 14.9 Å². The second kappa shape index (κ2) is 5.05. The average molecular weight is 313 g/mol. The summed E-state index contributed by atoms with van der Waals surface area (Å²) in [5.74, 6) is -1.64. The summed E-state index contributed by atoms with van der Waals surface area (Å²) in [6, 6.07) is 2.23. The minimum atomic E-state index is -4.22. The highest BCUT2D eigenvalue weighted by Gasteiger charge is 2.31. The molecule has 0 bridgehead atoms. The van der Waals surface area contributed by atoms with Crippen molar-refractivity contribution < 1.29 is 22.7 Å². The smallest absolute Gasteiger partial charge is 0.340 e. The molecule has 9 nitrogen and oxygen atoms in total. The van der Waals surface area contributed by atoms with Crippen LogP contribution in [0, 0.1) is 13.8 Å². The highest BCUT2D eigenvalue weighted by Crippen LogP contribution is 2.27. The summed E-state index contributed by atoms with van der Waals surface area (Å²) in [6.07, 6.45) is 0. The molecule has 0 radical (unpaired) electrons. The number of sulfonamides is 1. The minimum Gasteiger partial charge on any atom is -0.478 e. The molecule has 0 aromatic carbocycles. The Labute approximate surface area is 118 Å². The van der Waals surface area contributed by atoms with E-state index in [0.29, 0.717) is 0 Å². The first-order valence-corrected chi connectivity index (χ1v) is 7.12. The van der Waals surface area contributed by atoms with E-state index < -0.39 is 32.0 Å². The molecule has 10 heteroatoms. The van der Waals surface area contributed by atoms with Gasteiger partial charge in [0.05, 0.1) is 0 Å². The Balaban J connectivity index is 2.52. The van der Waals surface area contributed by atoms with E-state index in [1.807, 2.05) is 0 Å². The lowest BCUT2D eigenvalue weighted by Crippen LogP contribution is -2.19. The molecule has 112 valence electrons. The summed E-state index contributed by atoms with van der Waals surface area (Å²) in [5, 5.41) is 14.7. The van der Waals surface area contributed by atoms with E-state index in [4.69, 9.17) is 9.52 Å². The predicted octanol–water partition coefficient (Wildman–Crippen LogP) is 0.479. The van der Waals surface area contributed by atoms with Crippen LogP contribution in [0.1, 0.15) is 21.9 Å². The lowest BCUT2D eigenvalue weighted by Gasteiger charge is -2.06. The van der Waals surface area contributed by atoms with Gasteiger partial charge in [-0.3, -0.25) is 9.52 Å². The molecule has 0 aliphatic heterocycles. The van der Waals surface area contributed by atoms with Crippen LogP contribution in [0.4, 0.5) is 5.82 Å². The number of anilines is 1. The van der Waals surface area contributed by atoms with Crippen LogP contribution in [0.2, 0.25) is 0 Å². The standard InChI is InChI=1S/C11H11N3O6S/c1-5-9(11(16)17)10(6(2)20-5)21(18,19)14-7-3-4-8(15)13-12-7/h3-4H,1-2H3,(H,12,14)(H,13,15)(H,16,17). The highest BCUT2D eigenvalue weighted by atomic mass is 32.2. The monoisotopic (exact) mass is 313 g/mol. The average Bonchev–Trinajstić information content (AvgIpc) is 2.67. The molecule has 0 spiro atoms. The fourth-order valence-corrected chi connectivity index (χ4v) is 3.24. The molecule has 0 saturated heterocycles. The van der Waals surface area contributed by atoms with Gasteiger partial charge in [0.2, 0.25) is 0 Å². The molecule has 0 amide bonds. The van der Waals surface area contributed by atoms with Gasteiger partial charge in [0.25, 0.3) is 15.6 Å². The van der Waals surface area contributed by atoms with Crippen molar-refractivity contribution in [3.8, 4) is 0 Å². The highest BCUT2D eigenvalue weighted by molar-refractivity contribution is 7.92. The Morgan fingerprint density at radius 2 is 2.00 bits per heavy atom. The van der Waals surface area contributed by atoms with Crippen LogP contribution in [0.3, 0.4) is 0 Å². The van der Waals surface area contributed by atoms with E-state index in [1.165, 1.54) is 13.8 Å². The van der Waals surface area contributed by atoms with Crippen molar-refractivity contribution in [3.63, 3.8) is 0 Å². The molecule has 3 N–H and O–H groups in total. The van der Waals surface area contributed by atoms with Crippen molar-refractivity contribution in [2.45, 2.75) is 18.7 Å². The lowest BCUT2D eigenvalue weighted by molar-refractivity contribution is 0.0691. The maximum Gasteiger partial charge on any atom is 0.340 e. The Kier molecular flexibility index (Phi) is 3.56. The summed E-state index contributed by atoms with van der Waals surface area (Å²) in [5.41, 5.74) is -0.941. The van der Waals surface area contributed by atoms with Crippen molar-refractivity contribution in [3.05, 3.63) is 39.6 Å². The number of H-pyrrole nitrogens is 1. The first kappa shape index (κ1) is 14.8. The quantitative estimate of drug-likeness (QED) is 0.744. The molecule has 0 atom stereocenters. The summed E-state index contributed by atoms with van der Waals surface area (Å²) < 4.78 is 31.7. The van der Waals surface area contributed by atoms with Gasteiger partial charge in [-0.1, -0.05) is 0 Å². The number of carboxylic acids is 1. The third-order valence-corrected chi connectivity index (χ3v) is 4.11. The largest absolute Gasteiger partial charge is 0.478 e. The molecule has 0 aliphatic rings. The van der Waals surface area contributed by atoms with Crippen LogP contribution >= 0.6 is 0 Å². The lowest BCUT2D eigenvalue weighted by atomic mass is 10.2. The number of aromatic nitrogens is 2. The molecular formula is C11H11N3O6S. The van der Waals surface area contributed by atoms with Crippen LogP contribution in [0.25, 0.3) is 0 Å². The van der Waals surface area contributed by atoms with Crippen LogP contribution in [0.15, 0.2) is 26.2 Å². The zero-order valence-corrected chi connectivity index (χ0v) is 11.8. The first-order valence-electron chi connectivity index (χ1n) is 5.64. The molecule has 2 heterocycles. The number of hydrogen-bond donors (Lipinski definition) is 3. The van der Waals surface area contributed by atoms with E-state index in [0.717, 1.165) is 12.1 Å². The second-order valence-corrected chi connectivity index (χ2v) is 5.75. The molecule has 2 rings (SSSR count). The van der Waals surface area contributed by atoms with Gasteiger partial charge in [-0.05, 0) is 19.9 Å². The number of rotatable bonds is 4. The van der Waals surface area contributed by atoms with Gasteiger partial charge in [0, 0.05) is 6.07 Å². The van der Waals surface area contributed by atoms with Gasteiger partial charge in [0.15, 0.2) is 5.82 Å². The van der Waals surface area contributed by atoms with Gasteiger partial charge < -0.3 is 9.52 Å². The molecule has 0 fully saturated rings. The van der Waals surface area contributed by atoms with Crippen LogP contribution < -0.4 is 10.3 Å². The summed E-state index contributed by atoms with van der Waals surface area (Å²) in [6.45, 7) is 2.70. The molecule has 0 aliphatic carbocycles. The summed E-state index contributed by atoms with van der Waals surface area (Å²) in [4.78, 5) is 21.6. The van der Waals surface area contributed by atoms with Gasteiger partial charge in [-0.2, -0.15) is 5.10 Å². The summed E-state index contributed by atoms with van der Waals surface area (Å²) >= 11 is 0. The van der Waals surface area contributed by atoms with Gasteiger partial charge in [-0.25, -0.2) is 18.3 Å². The van der Waals surface area contributed by atoms with Crippen molar-refractivity contribution in [2.24, 2.45) is 0 Å². The number of furan rings is 1. The number of hydrogen-bond acceptors (Lipinski definition) is 6. The van der Waals surface area contributed by atoms with Crippen LogP contribution in [0.5, 0.6) is 0 Å². The fourth-order valence-electron chi connectivity index (χ4n) is 1.82. The number of nitrogens with one attached hydrogen (secondary N) is 2. The van der Waals surface area contributed by atoms with E-state index in [1.54, 1.807) is 0 Å². The molecule has 0 saturated carbocycles. The molecule has 2 aromatic rings. The zero-order chi connectivity index (χ0) is 15.8. The third-order valence-electron chi connectivity index (χ3n) is 2.61. The Morgan fingerprint density at radius 3 is 2.52 bits per heavy atom. The fraction of sp³-hybridized carbons (Fsp3) is 0.182. The molecule has 2 aromatic heterocycles. The number of aromatic amines is 1. The van der Waals surface area contributed by atoms with Gasteiger partial charge in [0.1, 0.15) is 22.0 Å². The SMILES string of the molecule is Cc1oc(C)c(S(=O)(=O)Nc2ccc(=O)[nH]n2)c1C(=O)O. The van der Waals surface area contributed by atoms with Crippen molar-refractivity contribution in [1.82, 2.24) is 10.2 Å². The van der Waals surface area contributed by atoms with Crippen molar-refractivity contribution in [1.29, 1.82) is 0 Å². The molecular weight excluding hydrogens is 302 g/mol. The van der Waals surface area contributed by atoms with Gasteiger partial charge in [-0.15, -0.1) is 0 Å². The van der Waals surface area contributed by atoms with Gasteiger partial charge >= 0.3 is 5.97 Å². The Hall–Kier alpha value is -2.62. The first-order chi connectivity index (χ1) is 9.72. The third kappa shape index (κ3) is 2.79. The number of aromatic carboxylic acids is 1. The Bertz CT molecular complexity index is 844. The normalized spacial score (nSPS) is 11.3.